The highest BCUT2D eigenvalue weighted by atomic mass is 19.1. The minimum atomic E-state index is -0.746. The van der Waals surface area contributed by atoms with E-state index >= 15 is 0 Å². The summed E-state index contributed by atoms with van der Waals surface area (Å²) in [4.78, 5) is 11.6. The molecule has 2 heterocycles. The van der Waals surface area contributed by atoms with Crippen LogP contribution in [0.15, 0.2) is 18.2 Å². The van der Waals surface area contributed by atoms with Gasteiger partial charge in [-0.15, -0.1) is 0 Å². The standard InChI is InChI=1S/C15H18FNO3/c16-11-1-2-13-10(7-11)8-12(20-13)9-15(14(18)19)3-5-17-6-4-15/h1-2,7,12,17H,3-6,8-9H2,(H,18,19). The molecule has 1 aromatic rings. The second kappa shape index (κ2) is 5.05. The molecule has 0 aromatic heterocycles. The molecule has 0 aliphatic carbocycles. The van der Waals surface area contributed by atoms with Gasteiger partial charge in [0.2, 0.25) is 0 Å². The molecule has 2 aliphatic rings. The first-order chi connectivity index (χ1) is 9.59. The van der Waals surface area contributed by atoms with Gasteiger partial charge in [0.25, 0.3) is 0 Å². The summed E-state index contributed by atoms with van der Waals surface area (Å²) in [5.41, 5.74) is 0.126. The highest BCUT2D eigenvalue weighted by Gasteiger charge is 2.43. The summed E-state index contributed by atoms with van der Waals surface area (Å²) in [6.07, 6.45) is 2.15. The van der Waals surface area contributed by atoms with Crippen LogP contribution < -0.4 is 10.1 Å². The monoisotopic (exact) mass is 279 g/mol. The van der Waals surface area contributed by atoms with Gasteiger partial charge in [0.1, 0.15) is 17.7 Å². The second-order valence-corrected chi connectivity index (χ2v) is 5.74. The van der Waals surface area contributed by atoms with Crippen molar-refractivity contribution in [1.29, 1.82) is 0 Å². The lowest BCUT2D eigenvalue weighted by molar-refractivity contribution is -0.152. The topological polar surface area (TPSA) is 58.6 Å². The van der Waals surface area contributed by atoms with Gasteiger partial charge < -0.3 is 15.2 Å². The largest absolute Gasteiger partial charge is 0.490 e. The number of ether oxygens (including phenoxy) is 1. The van der Waals surface area contributed by atoms with Gasteiger partial charge in [0.15, 0.2) is 0 Å². The summed E-state index contributed by atoms with van der Waals surface area (Å²) in [7, 11) is 0. The average Bonchev–Trinajstić information content (AvgIpc) is 2.80. The first-order valence-electron chi connectivity index (χ1n) is 6.98. The molecule has 5 heteroatoms. The van der Waals surface area contributed by atoms with Crippen molar-refractivity contribution in [2.45, 2.75) is 31.8 Å². The maximum atomic E-state index is 13.2. The van der Waals surface area contributed by atoms with Gasteiger partial charge in [-0.05, 0) is 44.1 Å². The van der Waals surface area contributed by atoms with Crippen molar-refractivity contribution in [3.05, 3.63) is 29.6 Å². The van der Waals surface area contributed by atoms with Crippen LogP contribution in [-0.2, 0) is 11.2 Å². The van der Waals surface area contributed by atoms with E-state index in [0.29, 0.717) is 31.4 Å². The van der Waals surface area contributed by atoms with E-state index in [1.165, 1.54) is 12.1 Å². The third-order valence-electron chi connectivity index (χ3n) is 4.40. The van der Waals surface area contributed by atoms with E-state index < -0.39 is 11.4 Å². The number of piperidine rings is 1. The number of aliphatic carboxylic acids is 1. The van der Waals surface area contributed by atoms with Gasteiger partial charge in [-0.2, -0.15) is 0 Å². The molecule has 0 radical (unpaired) electrons. The highest BCUT2D eigenvalue weighted by Crippen LogP contribution is 2.39. The smallest absolute Gasteiger partial charge is 0.309 e. The molecule has 0 saturated carbocycles. The number of carboxylic acid groups (broad SMARTS) is 1. The van der Waals surface area contributed by atoms with Crippen molar-refractivity contribution in [1.82, 2.24) is 5.32 Å². The van der Waals surface area contributed by atoms with Crippen LogP contribution in [0.1, 0.15) is 24.8 Å². The van der Waals surface area contributed by atoms with Crippen molar-refractivity contribution < 1.29 is 19.0 Å². The van der Waals surface area contributed by atoms with Gasteiger partial charge >= 0.3 is 5.97 Å². The number of nitrogens with one attached hydrogen (secondary N) is 1. The Morgan fingerprint density at radius 1 is 1.45 bits per heavy atom. The number of carbonyl (C=O) groups is 1. The van der Waals surface area contributed by atoms with E-state index in [1.807, 2.05) is 0 Å². The minimum absolute atomic E-state index is 0.166. The molecule has 0 bridgehead atoms. The van der Waals surface area contributed by atoms with E-state index in [1.54, 1.807) is 6.07 Å². The lowest BCUT2D eigenvalue weighted by Crippen LogP contribution is -2.44. The van der Waals surface area contributed by atoms with Gasteiger partial charge in [0, 0.05) is 18.4 Å². The lowest BCUT2D eigenvalue weighted by Gasteiger charge is -2.35. The molecule has 0 spiro atoms. The van der Waals surface area contributed by atoms with Crippen LogP contribution >= 0.6 is 0 Å². The molecule has 20 heavy (non-hydrogen) atoms. The first-order valence-corrected chi connectivity index (χ1v) is 6.98. The Morgan fingerprint density at radius 2 is 2.20 bits per heavy atom. The molecular formula is C15H18FNO3. The zero-order valence-electron chi connectivity index (χ0n) is 11.2. The van der Waals surface area contributed by atoms with Gasteiger partial charge in [-0.25, -0.2) is 4.39 Å². The van der Waals surface area contributed by atoms with Crippen molar-refractivity contribution in [2.24, 2.45) is 5.41 Å². The SMILES string of the molecule is O=C(O)C1(CC2Cc3cc(F)ccc3O2)CCNCC1. The molecular weight excluding hydrogens is 261 g/mol. The van der Waals surface area contributed by atoms with E-state index in [9.17, 15) is 14.3 Å². The number of fused-ring (bicyclic) bond motifs is 1. The fourth-order valence-electron chi connectivity index (χ4n) is 3.25. The van der Waals surface area contributed by atoms with Crippen LogP contribution in [0.4, 0.5) is 4.39 Å². The van der Waals surface area contributed by atoms with Crippen LogP contribution in [0.3, 0.4) is 0 Å². The number of hydrogen-bond acceptors (Lipinski definition) is 3. The number of benzene rings is 1. The van der Waals surface area contributed by atoms with Crippen molar-refractivity contribution in [3.63, 3.8) is 0 Å². The van der Waals surface area contributed by atoms with Crippen LogP contribution in [0.2, 0.25) is 0 Å². The normalized spacial score (nSPS) is 23.9. The zero-order chi connectivity index (χ0) is 14.2. The Balaban J connectivity index is 1.74. The van der Waals surface area contributed by atoms with Crippen molar-refractivity contribution >= 4 is 5.97 Å². The summed E-state index contributed by atoms with van der Waals surface area (Å²) < 4.78 is 19.0. The van der Waals surface area contributed by atoms with Gasteiger partial charge in [-0.1, -0.05) is 0 Å². The summed E-state index contributed by atoms with van der Waals surface area (Å²) in [6.45, 7) is 1.45. The predicted molar refractivity (Wildman–Crippen MR) is 71.3 cm³/mol. The van der Waals surface area contributed by atoms with Crippen molar-refractivity contribution in [2.75, 3.05) is 13.1 Å². The van der Waals surface area contributed by atoms with Gasteiger partial charge in [0.05, 0.1) is 5.41 Å². The third-order valence-corrected chi connectivity index (χ3v) is 4.40. The van der Waals surface area contributed by atoms with E-state index in [-0.39, 0.29) is 11.9 Å². The van der Waals surface area contributed by atoms with Crippen LogP contribution in [0.25, 0.3) is 0 Å². The molecule has 2 aliphatic heterocycles. The Bertz CT molecular complexity index is 526. The molecule has 1 fully saturated rings. The minimum Gasteiger partial charge on any atom is -0.490 e. The van der Waals surface area contributed by atoms with E-state index in [0.717, 1.165) is 18.7 Å². The summed E-state index contributed by atoms with van der Waals surface area (Å²) in [6, 6.07) is 4.48. The number of rotatable bonds is 3. The fourth-order valence-corrected chi connectivity index (χ4v) is 3.25. The number of carboxylic acids is 1. The molecule has 3 rings (SSSR count). The maximum absolute atomic E-state index is 13.2. The van der Waals surface area contributed by atoms with Gasteiger partial charge in [-0.3, -0.25) is 4.79 Å². The Hall–Kier alpha value is -1.62. The second-order valence-electron chi connectivity index (χ2n) is 5.74. The summed E-state index contributed by atoms with van der Waals surface area (Å²) in [5.74, 6) is -0.335. The van der Waals surface area contributed by atoms with Crippen molar-refractivity contribution in [3.8, 4) is 5.75 Å². The fraction of sp³-hybridized carbons (Fsp3) is 0.533. The van der Waals surface area contributed by atoms with E-state index in [4.69, 9.17) is 4.74 Å². The number of hydrogen-bond donors (Lipinski definition) is 2. The summed E-state index contributed by atoms with van der Waals surface area (Å²) >= 11 is 0. The van der Waals surface area contributed by atoms with Crippen LogP contribution in [-0.4, -0.2) is 30.3 Å². The average molecular weight is 279 g/mol. The van der Waals surface area contributed by atoms with E-state index in [2.05, 4.69) is 5.32 Å². The quantitative estimate of drug-likeness (QED) is 0.888. The molecule has 2 N–H and O–H groups in total. The zero-order valence-corrected chi connectivity index (χ0v) is 11.2. The molecule has 4 nitrogen and oxygen atoms in total. The Morgan fingerprint density at radius 3 is 2.90 bits per heavy atom. The van der Waals surface area contributed by atoms with Crippen LogP contribution in [0.5, 0.6) is 5.75 Å². The molecule has 108 valence electrons. The predicted octanol–water partition coefficient (Wildman–Crippen LogP) is 1.97. The number of halogens is 1. The Kier molecular flexibility index (Phi) is 3.38. The first kappa shape index (κ1) is 13.4. The molecule has 1 aromatic carbocycles. The molecule has 1 saturated heterocycles. The maximum Gasteiger partial charge on any atom is 0.309 e. The molecule has 1 unspecified atom stereocenters. The Labute approximate surface area is 116 Å². The highest BCUT2D eigenvalue weighted by molar-refractivity contribution is 5.75. The van der Waals surface area contributed by atoms with Crippen LogP contribution in [0, 0.1) is 11.2 Å². The summed E-state index contributed by atoms with van der Waals surface area (Å²) in [5, 5.41) is 12.8. The molecule has 1 atom stereocenters. The third kappa shape index (κ3) is 2.38. The lowest BCUT2D eigenvalue weighted by atomic mass is 9.74. The molecule has 0 amide bonds.